The highest BCUT2D eigenvalue weighted by Gasteiger charge is 2.11. The minimum atomic E-state index is -0.530. The van der Waals surface area contributed by atoms with Gasteiger partial charge in [0.2, 0.25) is 5.91 Å². The third-order valence-corrected chi connectivity index (χ3v) is 2.52. The van der Waals surface area contributed by atoms with E-state index in [9.17, 15) is 14.9 Å². The maximum Gasteiger partial charge on any atom is 0.271 e. The van der Waals surface area contributed by atoms with Gasteiger partial charge in [0, 0.05) is 18.6 Å². The molecule has 0 bridgehead atoms. The van der Waals surface area contributed by atoms with E-state index in [2.05, 4.69) is 5.32 Å². The number of halogens is 1. The van der Waals surface area contributed by atoms with Crippen LogP contribution in [0.5, 0.6) is 0 Å². The van der Waals surface area contributed by atoms with Gasteiger partial charge in [-0.05, 0) is 12.5 Å². The van der Waals surface area contributed by atoms with E-state index in [1.807, 2.05) is 6.92 Å². The average Bonchev–Trinajstić information content (AvgIpc) is 2.29. The van der Waals surface area contributed by atoms with Gasteiger partial charge < -0.3 is 5.32 Å². The lowest BCUT2D eigenvalue weighted by Crippen LogP contribution is -2.11. The van der Waals surface area contributed by atoms with Gasteiger partial charge in [0.1, 0.15) is 0 Å². The molecular weight excluding hydrogens is 244 g/mol. The molecule has 0 aliphatic heterocycles. The summed E-state index contributed by atoms with van der Waals surface area (Å²) in [4.78, 5) is 21.5. The van der Waals surface area contributed by atoms with Crippen LogP contribution in [0.3, 0.4) is 0 Å². The third-order valence-electron chi connectivity index (χ3n) is 2.19. The van der Waals surface area contributed by atoms with Gasteiger partial charge in [-0.1, -0.05) is 24.9 Å². The summed E-state index contributed by atoms with van der Waals surface area (Å²) >= 11 is 5.84. The lowest BCUT2D eigenvalue weighted by Gasteiger charge is -2.06. The second-order valence-electron chi connectivity index (χ2n) is 3.57. The molecular formula is C11H13ClN2O3. The number of amides is 1. The van der Waals surface area contributed by atoms with Gasteiger partial charge in [-0.25, -0.2) is 0 Å². The topological polar surface area (TPSA) is 72.2 Å². The van der Waals surface area contributed by atoms with Crippen LogP contribution < -0.4 is 5.32 Å². The Balaban J connectivity index is 2.79. The molecule has 92 valence electrons. The summed E-state index contributed by atoms with van der Waals surface area (Å²) in [6.45, 7) is 1.98. The van der Waals surface area contributed by atoms with Crippen molar-refractivity contribution < 1.29 is 9.72 Å². The van der Waals surface area contributed by atoms with Crippen LogP contribution in [0.2, 0.25) is 5.02 Å². The van der Waals surface area contributed by atoms with E-state index in [-0.39, 0.29) is 17.3 Å². The quantitative estimate of drug-likeness (QED) is 0.648. The number of rotatable bonds is 5. The standard InChI is InChI=1S/C11H13ClN2O3/c1-2-3-4-11(15)13-10-7-8(14(16)17)5-6-9(10)12/h5-7H,2-4H2,1H3,(H,13,15). The first-order valence-electron chi connectivity index (χ1n) is 5.28. The zero-order valence-corrected chi connectivity index (χ0v) is 10.2. The number of anilines is 1. The van der Waals surface area contributed by atoms with Crippen LogP contribution >= 0.6 is 11.6 Å². The molecule has 0 saturated heterocycles. The van der Waals surface area contributed by atoms with Gasteiger partial charge in [0.15, 0.2) is 0 Å². The van der Waals surface area contributed by atoms with Gasteiger partial charge in [-0.2, -0.15) is 0 Å². The molecule has 0 spiro atoms. The molecule has 1 aromatic rings. The number of carbonyl (C=O) groups is 1. The smallest absolute Gasteiger partial charge is 0.271 e. The lowest BCUT2D eigenvalue weighted by atomic mass is 10.2. The highest BCUT2D eigenvalue weighted by Crippen LogP contribution is 2.26. The van der Waals surface area contributed by atoms with Crippen molar-refractivity contribution in [2.24, 2.45) is 0 Å². The lowest BCUT2D eigenvalue weighted by molar-refractivity contribution is -0.384. The number of nitro benzene ring substituents is 1. The van der Waals surface area contributed by atoms with Gasteiger partial charge in [-0.3, -0.25) is 14.9 Å². The first-order chi connectivity index (χ1) is 8.04. The Hall–Kier alpha value is -1.62. The second-order valence-corrected chi connectivity index (χ2v) is 3.98. The third kappa shape index (κ3) is 4.03. The fourth-order valence-electron chi connectivity index (χ4n) is 1.27. The molecule has 0 aliphatic rings. The Kier molecular flexibility index (Phi) is 4.90. The van der Waals surface area contributed by atoms with Gasteiger partial charge in [0.25, 0.3) is 5.69 Å². The highest BCUT2D eigenvalue weighted by molar-refractivity contribution is 6.33. The molecule has 1 rings (SSSR count). The molecule has 0 aliphatic carbocycles. The Labute approximate surface area is 104 Å². The number of nitrogens with zero attached hydrogens (tertiary/aromatic N) is 1. The van der Waals surface area contributed by atoms with Gasteiger partial charge in [0.05, 0.1) is 15.6 Å². The molecule has 0 fully saturated rings. The van der Waals surface area contributed by atoms with E-state index in [0.717, 1.165) is 12.8 Å². The maximum atomic E-state index is 11.5. The van der Waals surface area contributed by atoms with E-state index in [1.165, 1.54) is 18.2 Å². The number of benzene rings is 1. The van der Waals surface area contributed by atoms with Crippen LogP contribution in [-0.2, 0) is 4.79 Å². The van der Waals surface area contributed by atoms with Crippen molar-refractivity contribution >= 4 is 28.9 Å². The number of nitro groups is 1. The van der Waals surface area contributed by atoms with E-state index in [4.69, 9.17) is 11.6 Å². The summed E-state index contributed by atoms with van der Waals surface area (Å²) in [7, 11) is 0. The van der Waals surface area contributed by atoms with Crippen LogP contribution in [0.4, 0.5) is 11.4 Å². The summed E-state index contributed by atoms with van der Waals surface area (Å²) in [5.74, 6) is -0.186. The fourth-order valence-corrected chi connectivity index (χ4v) is 1.44. The van der Waals surface area contributed by atoms with E-state index in [0.29, 0.717) is 11.4 Å². The van der Waals surface area contributed by atoms with Crippen LogP contribution in [0.25, 0.3) is 0 Å². The van der Waals surface area contributed by atoms with Crippen LogP contribution in [0, 0.1) is 10.1 Å². The molecule has 0 unspecified atom stereocenters. The van der Waals surface area contributed by atoms with Gasteiger partial charge >= 0.3 is 0 Å². The number of carbonyl (C=O) groups excluding carboxylic acids is 1. The Bertz CT molecular complexity index is 435. The van der Waals surface area contributed by atoms with Crippen molar-refractivity contribution in [2.45, 2.75) is 26.2 Å². The summed E-state index contributed by atoms with van der Waals surface area (Å²) in [6.07, 6.45) is 2.07. The molecule has 5 nitrogen and oxygen atoms in total. The molecule has 0 heterocycles. The van der Waals surface area contributed by atoms with Crippen LogP contribution in [0.1, 0.15) is 26.2 Å². The normalized spacial score (nSPS) is 10.0. The van der Waals surface area contributed by atoms with Crippen LogP contribution in [0.15, 0.2) is 18.2 Å². The Morgan fingerprint density at radius 2 is 2.24 bits per heavy atom. The molecule has 1 aromatic carbocycles. The van der Waals surface area contributed by atoms with Crippen molar-refractivity contribution in [3.8, 4) is 0 Å². The summed E-state index contributed by atoms with van der Waals surface area (Å²) < 4.78 is 0. The molecule has 1 amide bonds. The summed E-state index contributed by atoms with van der Waals surface area (Å²) in [5, 5.41) is 13.4. The molecule has 0 saturated carbocycles. The number of hydrogen-bond acceptors (Lipinski definition) is 3. The minimum absolute atomic E-state index is 0.0970. The first kappa shape index (κ1) is 13.4. The monoisotopic (exact) mass is 256 g/mol. The van der Waals surface area contributed by atoms with Crippen molar-refractivity contribution in [1.29, 1.82) is 0 Å². The summed E-state index contributed by atoms with van der Waals surface area (Å²) in [6, 6.07) is 3.95. The van der Waals surface area contributed by atoms with E-state index >= 15 is 0 Å². The molecule has 0 aromatic heterocycles. The van der Waals surface area contributed by atoms with Crippen LogP contribution in [-0.4, -0.2) is 10.8 Å². The minimum Gasteiger partial charge on any atom is -0.325 e. The van der Waals surface area contributed by atoms with Crippen molar-refractivity contribution in [1.82, 2.24) is 0 Å². The Morgan fingerprint density at radius 1 is 1.53 bits per heavy atom. The van der Waals surface area contributed by atoms with E-state index in [1.54, 1.807) is 0 Å². The molecule has 17 heavy (non-hydrogen) atoms. The number of unbranched alkanes of at least 4 members (excludes halogenated alkanes) is 1. The number of hydrogen-bond donors (Lipinski definition) is 1. The van der Waals surface area contributed by atoms with Crippen molar-refractivity contribution in [3.05, 3.63) is 33.3 Å². The second kappa shape index (κ2) is 6.20. The van der Waals surface area contributed by atoms with Crippen molar-refractivity contribution in [3.63, 3.8) is 0 Å². The molecule has 0 atom stereocenters. The molecule has 6 heteroatoms. The maximum absolute atomic E-state index is 11.5. The molecule has 1 N–H and O–H groups in total. The molecule has 0 radical (unpaired) electrons. The average molecular weight is 257 g/mol. The first-order valence-corrected chi connectivity index (χ1v) is 5.66. The predicted molar refractivity (Wildman–Crippen MR) is 66.3 cm³/mol. The predicted octanol–water partition coefficient (Wildman–Crippen LogP) is 3.38. The summed E-state index contributed by atoms with van der Waals surface area (Å²) in [5.41, 5.74) is 0.183. The Morgan fingerprint density at radius 3 is 2.82 bits per heavy atom. The fraction of sp³-hybridized carbons (Fsp3) is 0.364. The van der Waals surface area contributed by atoms with Crippen molar-refractivity contribution in [2.75, 3.05) is 5.32 Å². The van der Waals surface area contributed by atoms with Gasteiger partial charge in [-0.15, -0.1) is 0 Å². The highest BCUT2D eigenvalue weighted by atomic mass is 35.5. The SMILES string of the molecule is CCCCC(=O)Nc1cc([N+](=O)[O-])ccc1Cl. The zero-order valence-electron chi connectivity index (χ0n) is 9.40. The van der Waals surface area contributed by atoms with E-state index < -0.39 is 4.92 Å². The zero-order chi connectivity index (χ0) is 12.8. The number of nitrogens with one attached hydrogen (secondary N) is 1. The largest absolute Gasteiger partial charge is 0.325 e. The number of non-ortho nitro benzene ring substituents is 1.